The molecule has 0 unspecified atom stereocenters. The number of nitrogens with zero attached hydrogens (tertiary/aromatic N) is 2. The molecular weight excluding hydrogens is 409 g/mol. The molecule has 1 aromatic heterocycles. The van der Waals surface area contributed by atoms with Gasteiger partial charge in [-0.1, -0.05) is 24.3 Å². The highest BCUT2D eigenvalue weighted by atomic mass is 19.4. The van der Waals surface area contributed by atoms with Gasteiger partial charge in [0.25, 0.3) is 0 Å². The maximum atomic E-state index is 12.6. The third-order valence-corrected chi connectivity index (χ3v) is 4.08. The summed E-state index contributed by atoms with van der Waals surface area (Å²) < 4.78 is 67.5. The monoisotopic (exact) mass is 425 g/mol. The zero-order chi connectivity index (χ0) is 21.7. The summed E-state index contributed by atoms with van der Waals surface area (Å²) in [5.41, 5.74) is 0.846. The summed E-state index contributed by atoms with van der Waals surface area (Å²) in [6.45, 7) is -2.69. The van der Waals surface area contributed by atoms with Crippen molar-refractivity contribution in [2.24, 2.45) is 0 Å². The molecule has 2 aromatic carbocycles. The Labute approximate surface area is 168 Å². The van der Waals surface area contributed by atoms with Crippen molar-refractivity contribution < 1.29 is 31.5 Å². The average molecular weight is 425 g/mol. The molecule has 1 N–H and O–H groups in total. The molecule has 0 spiro atoms. The zero-order valence-corrected chi connectivity index (χ0v) is 15.4. The van der Waals surface area contributed by atoms with Gasteiger partial charge in [0.05, 0.1) is 12.1 Å². The van der Waals surface area contributed by atoms with Crippen molar-refractivity contribution in [3.63, 3.8) is 0 Å². The van der Waals surface area contributed by atoms with Gasteiger partial charge in [-0.2, -0.15) is 27.1 Å². The van der Waals surface area contributed by atoms with Gasteiger partial charge in [-0.05, 0) is 41.5 Å². The van der Waals surface area contributed by atoms with E-state index in [4.69, 9.17) is 0 Å². The van der Waals surface area contributed by atoms with Gasteiger partial charge in [0.2, 0.25) is 5.91 Å². The predicted octanol–water partition coefficient (Wildman–Crippen LogP) is 4.35. The van der Waals surface area contributed by atoms with Gasteiger partial charge in [-0.15, -0.1) is 0 Å². The molecule has 1 amide bonds. The van der Waals surface area contributed by atoms with E-state index in [1.54, 1.807) is 24.3 Å². The van der Waals surface area contributed by atoms with E-state index in [0.717, 1.165) is 16.3 Å². The Balaban J connectivity index is 1.52. The number of carbonyl (C=O) groups is 1. The van der Waals surface area contributed by atoms with Crippen LogP contribution in [0.4, 0.5) is 22.0 Å². The SMILES string of the molecule is O=C(Cc1ccc(OC(F)F)cc1)NCc1ccc(-n2ccc(C(F)(F)F)n2)cc1. The second-order valence-corrected chi connectivity index (χ2v) is 6.29. The lowest BCUT2D eigenvalue weighted by Gasteiger charge is -2.08. The molecule has 30 heavy (non-hydrogen) atoms. The number of alkyl halides is 5. The lowest BCUT2D eigenvalue weighted by atomic mass is 10.1. The molecule has 0 aliphatic rings. The number of amides is 1. The standard InChI is InChI=1S/C20H16F5N3O2/c21-19(22)30-16-7-3-13(4-8-16)11-18(29)26-12-14-1-5-15(6-2-14)28-10-9-17(27-28)20(23,24)25/h1-10,19H,11-12H2,(H,26,29). The Morgan fingerprint density at radius 3 is 2.20 bits per heavy atom. The minimum Gasteiger partial charge on any atom is -0.435 e. The lowest BCUT2D eigenvalue weighted by molar-refractivity contribution is -0.141. The largest absolute Gasteiger partial charge is 0.435 e. The second kappa shape index (κ2) is 8.93. The summed E-state index contributed by atoms with van der Waals surface area (Å²) in [5, 5.41) is 6.21. The number of ether oxygens (including phenoxy) is 1. The van der Waals surface area contributed by atoms with Crippen LogP contribution in [0.5, 0.6) is 5.75 Å². The van der Waals surface area contributed by atoms with E-state index in [9.17, 15) is 26.7 Å². The van der Waals surface area contributed by atoms with Crippen molar-refractivity contribution in [1.29, 1.82) is 0 Å². The first-order valence-corrected chi connectivity index (χ1v) is 8.73. The molecule has 3 rings (SSSR count). The van der Waals surface area contributed by atoms with Crippen molar-refractivity contribution in [1.82, 2.24) is 15.1 Å². The van der Waals surface area contributed by atoms with Crippen molar-refractivity contribution in [3.05, 3.63) is 77.6 Å². The van der Waals surface area contributed by atoms with Gasteiger partial charge in [0.1, 0.15) is 5.75 Å². The number of aromatic nitrogens is 2. The first-order chi connectivity index (χ1) is 14.2. The number of hydrogen-bond donors (Lipinski definition) is 1. The summed E-state index contributed by atoms with van der Waals surface area (Å²) in [5.74, 6) is -0.266. The van der Waals surface area contributed by atoms with Crippen LogP contribution in [0.15, 0.2) is 60.8 Å². The van der Waals surface area contributed by atoms with E-state index in [0.29, 0.717) is 11.3 Å². The fourth-order valence-corrected chi connectivity index (χ4v) is 2.62. The van der Waals surface area contributed by atoms with Crippen LogP contribution in [-0.2, 0) is 23.9 Å². The molecule has 5 nitrogen and oxygen atoms in total. The maximum Gasteiger partial charge on any atom is 0.435 e. The van der Waals surface area contributed by atoms with Gasteiger partial charge < -0.3 is 10.1 Å². The highest BCUT2D eigenvalue weighted by Gasteiger charge is 2.33. The van der Waals surface area contributed by atoms with Gasteiger partial charge in [-0.25, -0.2) is 4.68 Å². The molecule has 0 saturated heterocycles. The number of rotatable bonds is 7. The Bertz CT molecular complexity index is 983. The number of nitrogens with one attached hydrogen (secondary N) is 1. The Hall–Kier alpha value is -3.43. The van der Waals surface area contributed by atoms with Gasteiger partial charge in [-0.3, -0.25) is 4.79 Å². The maximum absolute atomic E-state index is 12.6. The van der Waals surface area contributed by atoms with E-state index < -0.39 is 18.5 Å². The first-order valence-electron chi connectivity index (χ1n) is 8.73. The van der Waals surface area contributed by atoms with Crippen LogP contribution >= 0.6 is 0 Å². The zero-order valence-electron chi connectivity index (χ0n) is 15.4. The summed E-state index contributed by atoms with van der Waals surface area (Å²) >= 11 is 0. The highest BCUT2D eigenvalue weighted by Crippen LogP contribution is 2.27. The molecule has 0 atom stereocenters. The number of carbonyl (C=O) groups excluding carboxylic acids is 1. The molecule has 10 heteroatoms. The Morgan fingerprint density at radius 1 is 1.00 bits per heavy atom. The summed E-state index contributed by atoms with van der Waals surface area (Å²) in [6.07, 6.45) is -3.23. The van der Waals surface area contributed by atoms with E-state index in [1.807, 2.05) is 0 Å². The Kier molecular flexibility index (Phi) is 6.34. The molecule has 1 heterocycles. The molecule has 0 aliphatic carbocycles. The fourth-order valence-electron chi connectivity index (χ4n) is 2.62. The van der Waals surface area contributed by atoms with Crippen LogP contribution in [0.2, 0.25) is 0 Å². The molecule has 0 fully saturated rings. The molecule has 158 valence electrons. The van der Waals surface area contributed by atoms with Crippen LogP contribution in [0, 0.1) is 0 Å². The van der Waals surface area contributed by atoms with E-state index in [-0.39, 0.29) is 24.6 Å². The normalized spacial score (nSPS) is 11.5. The lowest BCUT2D eigenvalue weighted by Crippen LogP contribution is -2.24. The third kappa shape index (κ3) is 5.79. The minimum atomic E-state index is -4.51. The molecule has 0 bridgehead atoms. The highest BCUT2D eigenvalue weighted by molar-refractivity contribution is 5.78. The number of hydrogen-bond acceptors (Lipinski definition) is 3. The van der Waals surface area contributed by atoms with Crippen LogP contribution in [0.1, 0.15) is 16.8 Å². The number of benzene rings is 2. The fraction of sp³-hybridized carbons (Fsp3) is 0.200. The van der Waals surface area contributed by atoms with Crippen molar-refractivity contribution in [3.8, 4) is 11.4 Å². The molecule has 3 aromatic rings. The molecule has 0 saturated carbocycles. The third-order valence-electron chi connectivity index (χ3n) is 4.08. The first kappa shape index (κ1) is 21.3. The van der Waals surface area contributed by atoms with E-state index in [2.05, 4.69) is 15.2 Å². The topological polar surface area (TPSA) is 56.1 Å². The van der Waals surface area contributed by atoms with Gasteiger partial charge >= 0.3 is 12.8 Å². The van der Waals surface area contributed by atoms with E-state index >= 15 is 0 Å². The van der Waals surface area contributed by atoms with Crippen molar-refractivity contribution >= 4 is 5.91 Å². The Morgan fingerprint density at radius 2 is 1.63 bits per heavy atom. The summed E-state index contributed by atoms with van der Waals surface area (Å²) in [6, 6.07) is 13.2. The molecule has 0 aliphatic heterocycles. The molecule has 0 radical (unpaired) electrons. The van der Waals surface area contributed by atoms with E-state index in [1.165, 1.54) is 30.5 Å². The van der Waals surface area contributed by atoms with Crippen molar-refractivity contribution in [2.45, 2.75) is 25.8 Å². The predicted molar refractivity (Wildman–Crippen MR) is 97.2 cm³/mol. The van der Waals surface area contributed by atoms with Crippen LogP contribution < -0.4 is 10.1 Å². The van der Waals surface area contributed by atoms with Crippen LogP contribution in [0.3, 0.4) is 0 Å². The number of halogens is 5. The summed E-state index contributed by atoms with van der Waals surface area (Å²) in [7, 11) is 0. The second-order valence-electron chi connectivity index (χ2n) is 6.29. The van der Waals surface area contributed by atoms with Crippen LogP contribution in [-0.4, -0.2) is 22.3 Å². The minimum absolute atomic E-state index is 0.00813. The molecular formula is C20H16F5N3O2. The quantitative estimate of drug-likeness (QED) is 0.573. The average Bonchev–Trinajstić information content (AvgIpc) is 3.19. The van der Waals surface area contributed by atoms with Crippen molar-refractivity contribution in [2.75, 3.05) is 0 Å². The van der Waals surface area contributed by atoms with Gasteiger partial charge in [0.15, 0.2) is 5.69 Å². The smallest absolute Gasteiger partial charge is 0.435 e. The summed E-state index contributed by atoms with van der Waals surface area (Å²) in [4.78, 5) is 12.1. The van der Waals surface area contributed by atoms with Crippen LogP contribution in [0.25, 0.3) is 5.69 Å². The van der Waals surface area contributed by atoms with Gasteiger partial charge in [0, 0.05) is 12.7 Å².